The van der Waals surface area contributed by atoms with Gasteiger partial charge in [-0.05, 0) is 65.2 Å². The molecule has 1 aliphatic carbocycles. The Hall–Kier alpha value is -0.120. The first-order valence-electron chi connectivity index (χ1n) is 7.24. The van der Waals surface area contributed by atoms with Crippen LogP contribution < -0.4 is 5.73 Å². The first-order chi connectivity index (χ1) is 8.08. The summed E-state index contributed by atoms with van der Waals surface area (Å²) in [6.07, 6.45) is 6.48. The second-order valence-electron chi connectivity index (χ2n) is 6.38. The van der Waals surface area contributed by atoms with Crippen LogP contribution in [0.15, 0.2) is 0 Å². The Morgan fingerprint density at radius 3 is 2.29 bits per heavy atom. The predicted octanol–water partition coefficient (Wildman–Crippen LogP) is 1.53. The quantitative estimate of drug-likeness (QED) is 0.793. The van der Waals surface area contributed by atoms with Gasteiger partial charge in [0.05, 0.1) is 0 Å². The molecular weight excluding hydrogens is 210 g/mol. The fourth-order valence-electron chi connectivity index (χ4n) is 3.53. The van der Waals surface area contributed by atoms with E-state index in [1.807, 2.05) is 0 Å². The summed E-state index contributed by atoms with van der Waals surface area (Å²) in [6.45, 7) is 4.87. The van der Waals surface area contributed by atoms with Crippen molar-refractivity contribution in [3.8, 4) is 0 Å². The van der Waals surface area contributed by atoms with Crippen LogP contribution in [0.4, 0.5) is 0 Å². The third-order valence-electron chi connectivity index (χ3n) is 4.83. The van der Waals surface area contributed by atoms with Crippen molar-refractivity contribution in [1.82, 2.24) is 9.80 Å². The zero-order valence-electron chi connectivity index (χ0n) is 11.7. The molecule has 2 N–H and O–H groups in total. The maximum absolute atomic E-state index is 6.31. The number of nitrogens with zero attached hydrogens (tertiary/aromatic N) is 2. The Morgan fingerprint density at radius 1 is 1.06 bits per heavy atom. The summed E-state index contributed by atoms with van der Waals surface area (Å²) in [4.78, 5) is 5.04. The lowest BCUT2D eigenvalue weighted by molar-refractivity contribution is 0.0676. The number of likely N-dealkylation sites (tertiary alicyclic amines) is 1. The molecule has 3 atom stereocenters. The molecule has 1 aliphatic heterocycles. The van der Waals surface area contributed by atoms with Gasteiger partial charge in [0.2, 0.25) is 0 Å². The van der Waals surface area contributed by atoms with E-state index in [1.165, 1.54) is 45.2 Å². The zero-order chi connectivity index (χ0) is 12.4. The van der Waals surface area contributed by atoms with Crippen LogP contribution in [-0.2, 0) is 0 Å². The van der Waals surface area contributed by atoms with Crippen LogP contribution >= 0.6 is 0 Å². The van der Waals surface area contributed by atoms with Crippen LogP contribution in [-0.4, -0.2) is 55.1 Å². The van der Waals surface area contributed by atoms with Crippen molar-refractivity contribution in [2.24, 2.45) is 11.7 Å². The molecule has 0 bridgehead atoms. The molecule has 3 heteroatoms. The molecule has 2 aliphatic rings. The molecule has 0 spiro atoms. The number of rotatable bonds is 2. The van der Waals surface area contributed by atoms with E-state index in [0.29, 0.717) is 12.1 Å². The van der Waals surface area contributed by atoms with Gasteiger partial charge in [0, 0.05) is 18.1 Å². The van der Waals surface area contributed by atoms with Gasteiger partial charge in [-0.3, -0.25) is 4.90 Å². The van der Waals surface area contributed by atoms with E-state index in [-0.39, 0.29) is 0 Å². The SMILES string of the molecule is CC1CCC(N)C(N2CCC(N(C)C)CC2)C1. The van der Waals surface area contributed by atoms with E-state index in [2.05, 4.69) is 30.8 Å². The lowest BCUT2D eigenvalue weighted by Crippen LogP contribution is -2.54. The van der Waals surface area contributed by atoms with E-state index in [1.54, 1.807) is 0 Å². The van der Waals surface area contributed by atoms with Gasteiger partial charge in [-0.2, -0.15) is 0 Å². The van der Waals surface area contributed by atoms with E-state index in [9.17, 15) is 0 Å². The molecule has 2 rings (SSSR count). The topological polar surface area (TPSA) is 32.5 Å². The fourth-order valence-corrected chi connectivity index (χ4v) is 3.53. The lowest BCUT2D eigenvalue weighted by atomic mass is 9.82. The van der Waals surface area contributed by atoms with E-state index < -0.39 is 0 Å². The van der Waals surface area contributed by atoms with Crippen molar-refractivity contribution in [2.75, 3.05) is 27.2 Å². The van der Waals surface area contributed by atoms with Gasteiger partial charge in [0.25, 0.3) is 0 Å². The summed E-state index contributed by atoms with van der Waals surface area (Å²) in [5, 5.41) is 0. The van der Waals surface area contributed by atoms with Gasteiger partial charge in [-0.15, -0.1) is 0 Å². The molecule has 0 aromatic heterocycles. The molecule has 0 amide bonds. The van der Waals surface area contributed by atoms with Gasteiger partial charge >= 0.3 is 0 Å². The van der Waals surface area contributed by atoms with Crippen LogP contribution in [0.1, 0.15) is 39.0 Å². The Labute approximate surface area is 106 Å². The van der Waals surface area contributed by atoms with Crippen LogP contribution in [0.25, 0.3) is 0 Å². The van der Waals surface area contributed by atoms with Gasteiger partial charge in [-0.1, -0.05) is 6.92 Å². The molecule has 1 saturated heterocycles. The molecule has 0 radical (unpaired) electrons. The van der Waals surface area contributed by atoms with Crippen LogP contribution in [0.5, 0.6) is 0 Å². The predicted molar refractivity (Wildman–Crippen MR) is 73.1 cm³/mol. The zero-order valence-corrected chi connectivity index (χ0v) is 11.7. The largest absolute Gasteiger partial charge is 0.326 e. The number of nitrogens with two attached hydrogens (primary N) is 1. The van der Waals surface area contributed by atoms with Crippen molar-refractivity contribution >= 4 is 0 Å². The van der Waals surface area contributed by atoms with Crippen molar-refractivity contribution in [3.05, 3.63) is 0 Å². The first kappa shape index (κ1) is 13.3. The van der Waals surface area contributed by atoms with Gasteiger partial charge in [0.1, 0.15) is 0 Å². The highest BCUT2D eigenvalue weighted by Crippen LogP contribution is 2.29. The second kappa shape index (κ2) is 5.68. The lowest BCUT2D eigenvalue weighted by Gasteiger charge is -2.44. The van der Waals surface area contributed by atoms with Crippen molar-refractivity contribution in [1.29, 1.82) is 0 Å². The third kappa shape index (κ3) is 3.21. The molecule has 3 unspecified atom stereocenters. The van der Waals surface area contributed by atoms with Gasteiger partial charge < -0.3 is 10.6 Å². The highest BCUT2D eigenvalue weighted by atomic mass is 15.2. The van der Waals surface area contributed by atoms with Crippen molar-refractivity contribution in [3.63, 3.8) is 0 Å². The Balaban J connectivity index is 1.87. The highest BCUT2D eigenvalue weighted by molar-refractivity contribution is 4.91. The average Bonchev–Trinajstić information content (AvgIpc) is 2.32. The van der Waals surface area contributed by atoms with E-state index in [0.717, 1.165) is 12.0 Å². The van der Waals surface area contributed by atoms with Gasteiger partial charge in [-0.25, -0.2) is 0 Å². The third-order valence-corrected chi connectivity index (χ3v) is 4.83. The van der Waals surface area contributed by atoms with Crippen LogP contribution in [0.3, 0.4) is 0 Å². The number of hydrogen-bond acceptors (Lipinski definition) is 3. The normalized spacial score (nSPS) is 37.6. The maximum atomic E-state index is 6.31. The molecule has 17 heavy (non-hydrogen) atoms. The summed E-state index contributed by atoms with van der Waals surface area (Å²) >= 11 is 0. The standard InChI is InChI=1S/C14H29N3/c1-11-4-5-13(15)14(10-11)17-8-6-12(7-9-17)16(2)3/h11-14H,4-10,15H2,1-3H3. The van der Waals surface area contributed by atoms with Gasteiger partial charge in [0.15, 0.2) is 0 Å². The summed E-state index contributed by atoms with van der Waals surface area (Å²) in [5.74, 6) is 0.867. The molecule has 1 saturated carbocycles. The summed E-state index contributed by atoms with van der Waals surface area (Å²) in [6, 6.07) is 1.85. The monoisotopic (exact) mass is 239 g/mol. The Morgan fingerprint density at radius 2 is 1.71 bits per heavy atom. The molecule has 3 nitrogen and oxygen atoms in total. The van der Waals surface area contributed by atoms with Crippen LogP contribution in [0.2, 0.25) is 0 Å². The summed E-state index contributed by atoms with van der Waals surface area (Å²) < 4.78 is 0. The average molecular weight is 239 g/mol. The molecule has 0 aromatic carbocycles. The summed E-state index contributed by atoms with van der Waals surface area (Å²) in [5.41, 5.74) is 6.31. The molecule has 2 fully saturated rings. The number of piperidine rings is 1. The molecule has 1 heterocycles. The van der Waals surface area contributed by atoms with E-state index in [4.69, 9.17) is 5.73 Å². The Bertz CT molecular complexity index is 234. The highest BCUT2D eigenvalue weighted by Gasteiger charge is 2.33. The van der Waals surface area contributed by atoms with Crippen molar-refractivity contribution < 1.29 is 0 Å². The Kier molecular flexibility index (Phi) is 4.45. The molecule has 0 aromatic rings. The second-order valence-corrected chi connectivity index (χ2v) is 6.38. The minimum absolute atomic E-state index is 0.419. The van der Waals surface area contributed by atoms with Crippen LogP contribution in [0, 0.1) is 5.92 Å². The minimum Gasteiger partial charge on any atom is -0.326 e. The summed E-state index contributed by atoms with van der Waals surface area (Å²) in [7, 11) is 4.41. The smallest absolute Gasteiger partial charge is 0.0249 e. The first-order valence-corrected chi connectivity index (χ1v) is 7.24. The maximum Gasteiger partial charge on any atom is 0.0249 e. The minimum atomic E-state index is 0.419. The van der Waals surface area contributed by atoms with E-state index >= 15 is 0 Å². The fraction of sp³-hybridized carbons (Fsp3) is 1.00. The number of hydrogen-bond donors (Lipinski definition) is 1. The van der Waals surface area contributed by atoms with Crippen molar-refractivity contribution in [2.45, 2.75) is 57.2 Å². The molecule has 100 valence electrons. The molecular formula is C14H29N3.